The van der Waals surface area contributed by atoms with Crippen LogP contribution in [-0.4, -0.2) is 13.2 Å². The monoisotopic (exact) mass is 281 g/mol. The van der Waals surface area contributed by atoms with Crippen LogP contribution in [0.4, 0.5) is 5.69 Å². The van der Waals surface area contributed by atoms with Gasteiger partial charge in [0.15, 0.2) is 0 Å². The third-order valence-corrected chi connectivity index (χ3v) is 4.03. The van der Waals surface area contributed by atoms with E-state index < -0.39 is 0 Å². The summed E-state index contributed by atoms with van der Waals surface area (Å²) < 4.78 is 5.64. The Morgan fingerprint density at radius 1 is 1.21 bits per heavy atom. The molecule has 3 heteroatoms. The van der Waals surface area contributed by atoms with Crippen LogP contribution in [0.5, 0.6) is 5.75 Å². The van der Waals surface area contributed by atoms with E-state index in [1.165, 1.54) is 38.5 Å². The van der Waals surface area contributed by atoms with Crippen LogP contribution in [0.1, 0.15) is 45.4 Å². The molecule has 1 fully saturated rings. The van der Waals surface area contributed by atoms with Gasteiger partial charge in [-0.3, -0.25) is 0 Å². The molecule has 1 aromatic carbocycles. The van der Waals surface area contributed by atoms with Gasteiger partial charge in [0.25, 0.3) is 0 Å². The maximum absolute atomic E-state index is 6.07. The first-order valence-corrected chi connectivity index (χ1v) is 7.83. The minimum absolute atomic E-state index is 0.680. The van der Waals surface area contributed by atoms with E-state index in [4.69, 9.17) is 16.3 Å². The molecular weight excluding hydrogens is 258 g/mol. The quantitative estimate of drug-likeness (QED) is 0.756. The summed E-state index contributed by atoms with van der Waals surface area (Å²) in [5, 5.41) is 4.28. The van der Waals surface area contributed by atoms with Gasteiger partial charge in [0.05, 0.1) is 12.3 Å². The smallest absolute Gasteiger partial charge is 0.142 e. The first kappa shape index (κ1) is 14.5. The van der Waals surface area contributed by atoms with Crippen LogP contribution in [0.25, 0.3) is 0 Å². The van der Waals surface area contributed by atoms with E-state index in [0.29, 0.717) is 6.61 Å². The molecule has 0 heterocycles. The van der Waals surface area contributed by atoms with Gasteiger partial charge in [0.2, 0.25) is 0 Å². The Morgan fingerprint density at radius 3 is 2.63 bits per heavy atom. The first-order valence-electron chi connectivity index (χ1n) is 7.46. The lowest BCUT2D eigenvalue weighted by Gasteiger charge is -2.18. The zero-order chi connectivity index (χ0) is 13.5. The van der Waals surface area contributed by atoms with Gasteiger partial charge in [0, 0.05) is 11.6 Å². The third kappa shape index (κ3) is 4.61. The number of hydrogen-bond acceptors (Lipinski definition) is 2. The molecule has 1 aliphatic carbocycles. The molecule has 0 atom stereocenters. The van der Waals surface area contributed by atoms with Crippen LogP contribution < -0.4 is 10.1 Å². The average molecular weight is 282 g/mol. The molecular formula is C16H24ClNO. The van der Waals surface area contributed by atoms with Gasteiger partial charge < -0.3 is 10.1 Å². The van der Waals surface area contributed by atoms with E-state index in [1.807, 2.05) is 25.1 Å². The maximum atomic E-state index is 6.07. The summed E-state index contributed by atoms with van der Waals surface area (Å²) >= 11 is 6.07. The predicted molar refractivity (Wildman–Crippen MR) is 82.3 cm³/mol. The van der Waals surface area contributed by atoms with Crippen LogP contribution in [-0.2, 0) is 0 Å². The van der Waals surface area contributed by atoms with Crippen LogP contribution >= 0.6 is 11.6 Å². The molecule has 0 saturated heterocycles. The summed E-state index contributed by atoms with van der Waals surface area (Å²) in [6, 6.07) is 5.79. The van der Waals surface area contributed by atoms with Gasteiger partial charge in [-0.2, -0.15) is 0 Å². The molecule has 0 spiro atoms. The van der Waals surface area contributed by atoms with Gasteiger partial charge >= 0.3 is 0 Å². The first-order chi connectivity index (χ1) is 9.29. The van der Waals surface area contributed by atoms with E-state index in [0.717, 1.165) is 28.9 Å². The second-order valence-electron chi connectivity index (χ2n) is 5.31. The summed E-state index contributed by atoms with van der Waals surface area (Å²) in [5.41, 5.74) is 1.03. The van der Waals surface area contributed by atoms with Gasteiger partial charge in [-0.15, -0.1) is 0 Å². The fourth-order valence-electron chi connectivity index (χ4n) is 2.74. The van der Waals surface area contributed by atoms with Crippen molar-refractivity contribution in [2.45, 2.75) is 45.4 Å². The third-order valence-electron chi connectivity index (χ3n) is 3.80. The van der Waals surface area contributed by atoms with Gasteiger partial charge in [0.1, 0.15) is 5.75 Å². The Kier molecular flexibility index (Phi) is 5.84. The summed E-state index contributed by atoms with van der Waals surface area (Å²) in [7, 11) is 0. The van der Waals surface area contributed by atoms with Crippen molar-refractivity contribution in [2.24, 2.45) is 5.92 Å². The van der Waals surface area contributed by atoms with Crippen LogP contribution in [0.2, 0.25) is 5.02 Å². The van der Waals surface area contributed by atoms with Crippen molar-refractivity contribution in [1.82, 2.24) is 0 Å². The van der Waals surface area contributed by atoms with E-state index in [9.17, 15) is 0 Å². The molecule has 0 radical (unpaired) electrons. The van der Waals surface area contributed by atoms with Crippen molar-refractivity contribution >= 4 is 17.3 Å². The Balaban J connectivity index is 1.95. The highest BCUT2D eigenvalue weighted by atomic mass is 35.5. The zero-order valence-electron chi connectivity index (χ0n) is 11.8. The Bertz CT molecular complexity index is 386. The van der Waals surface area contributed by atoms with E-state index in [-0.39, 0.29) is 0 Å². The number of ether oxygens (including phenoxy) is 1. The van der Waals surface area contributed by atoms with E-state index >= 15 is 0 Å². The maximum Gasteiger partial charge on any atom is 0.142 e. The molecule has 1 aliphatic rings. The molecule has 0 amide bonds. The fourth-order valence-corrected chi connectivity index (χ4v) is 2.92. The lowest BCUT2D eigenvalue weighted by molar-refractivity contribution is 0.341. The second kappa shape index (κ2) is 7.64. The molecule has 2 nitrogen and oxygen atoms in total. The van der Waals surface area contributed by atoms with Gasteiger partial charge in [-0.1, -0.05) is 37.3 Å². The highest BCUT2D eigenvalue weighted by Crippen LogP contribution is 2.29. The Morgan fingerprint density at radius 2 is 1.95 bits per heavy atom. The van der Waals surface area contributed by atoms with Gasteiger partial charge in [-0.05, 0) is 43.9 Å². The molecule has 0 bridgehead atoms. The topological polar surface area (TPSA) is 21.3 Å². The normalized spacial score (nSPS) is 16.9. The molecule has 1 aromatic rings. The highest BCUT2D eigenvalue weighted by Gasteiger charge is 2.13. The summed E-state index contributed by atoms with van der Waals surface area (Å²) in [6.07, 6.45) is 8.24. The van der Waals surface area contributed by atoms with Crippen molar-refractivity contribution in [2.75, 3.05) is 18.5 Å². The van der Waals surface area contributed by atoms with Crippen LogP contribution in [0.15, 0.2) is 18.2 Å². The second-order valence-corrected chi connectivity index (χ2v) is 5.75. The van der Waals surface area contributed by atoms with Crippen molar-refractivity contribution in [3.63, 3.8) is 0 Å². The molecule has 0 unspecified atom stereocenters. The van der Waals surface area contributed by atoms with Crippen molar-refractivity contribution < 1.29 is 4.74 Å². The molecule has 2 rings (SSSR count). The van der Waals surface area contributed by atoms with Gasteiger partial charge in [-0.25, -0.2) is 0 Å². The molecule has 19 heavy (non-hydrogen) atoms. The minimum Gasteiger partial charge on any atom is -0.492 e. The van der Waals surface area contributed by atoms with Crippen molar-refractivity contribution in [3.8, 4) is 5.75 Å². The number of benzene rings is 1. The lowest BCUT2D eigenvalue weighted by Crippen LogP contribution is -2.14. The largest absolute Gasteiger partial charge is 0.492 e. The van der Waals surface area contributed by atoms with Crippen molar-refractivity contribution in [1.29, 1.82) is 0 Å². The Hall–Kier alpha value is -0.890. The van der Waals surface area contributed by atoms with Crippen LogP contribution in [0.3, 0.4) is 0 Å². The summed E-state index contributed by atoms with van der Waals surface area (Å²) in [4.78, 5) is 0. The zero-order valence-corrected chi connectivity index (χ0v) is 12.5. The molecule has 0 aromatic heterocycles. The number of halogens is 1. The standard InChI is InChI=1S/C16H24ClNO/c1-2-19-16-10-9-14(17)11-15(16)18-12-13-7-5-3-4-6-8-13/h9-11,13,18H,2-8,12H2,1H3. The number of rotatable bonds is 5. The summed E-state index contributed by atoms with van der Waals surface area (Å²) in [5.74, 6) is 1.69. The minimum atomic E-state index is 0.680. The van der Waals surface area contributed by atoms with E-state index in [1.54, 1.807) is 0 Å². The molecule has 0 aliphatic heterocycles. The fraction of sp³-hybridized carbons (Fsp3) is 0.625. The molecule has 106 valence electrons. The predicted octanol–water partition coefficient (Wildman–Crippen LogP) is 5.12. The Labute approximate surface area is 121 Å². The summed E-state index contributed by atoms with van der Waals surface area (Å²) in [6.45, 7) is 3.71. The number of nitrogens with one attached hydrogen (secondary N) is 1. The average Bonchev–Trinajstić information content (AvgIpc) is 2.68. The molecule has 1 N–H and O–H groups in total. The van der Waals surface area contributed by atoms with Crippen LogP contribution in [0, 0.1) is 5.92 Å². The lowest BCUT2D eigenvalue weighted by atomic mass is 10.0. The van der Waals surface area contributed by atoms with E-state index in [2.05, 4.69) is 5.32 Å². The van der Waals surface area contributed by atoms with Crippen molar-refractivity contribution in [3.05, 3.63) is 23.2 Å². The number of anilines is 1. The SMILES string of the molecule is CCOc1ccc(Cl)cc1NCC1CCCCCC1. The number of hydrogen-bond donors (Lipinski definition) is 1. The highest BCUT2D eigenvalue weighted by molar-refractivity contribution is 6.30. The molecule has 1 saturated carbocycles.